The molecule has 2 N–H and O–H groups in total. The number of nitrogens with one attached hydrogen (secondary N) is 1. The van der Waals surface area contributed by atoms with E-state index in [0.717, 1.165) is 24.3 Å². The number of phenols is 1. The first-order chi connectivity index (χ1) is 15.1. The molecule has 170 valence electrons. The molecular weight excluding hydrogens is 432 g/mol. The van der Waals surface area contributed by atoms with E-state index < -0.39 is 11.7 Å². The van der Waals surface area contributed by atoms with Gasteiger partial charge in [0.25, 0.3) is 0 Å². The summed E-state index contributed by atoms with van der Waals surface area (Å²) >= 11 is 6.23. The number of halogens is 1. The Morgan fingerprint density at radius 1 is 1.31 bits per heavy atom. The normalized spacial score (nSPS) is 16.4. The molecule has 4 rings (SSSR count). The molecule has 3 aromatic rings. The van der Waals surface area contributed by atoms with Gasteiger partial charge in [-0.05, 0) is 39.3 Å². The summed E-state index contributed by atoms with van der Waals surface area (Å²) in [5, 5.41) is 13.7. The number of phenolic OH excluding ortho intramolecular Hbond substituents is 1. The van der Waals surface area contributed by atoms with Gasteiger partial charge < -0.3 is 29.2 Å². The Balaban J connectivity index is 1.51. The summed E-state index contributed by atoms with van der Waals surface area (Å²) in [6.07, 6.45) is 4.21. The molecule has 9 heteroatoms. The van der Waals surface area contributed by atoms with E-state index in [2.05, 4.69) is 15.2 Å². The number of ether oxygens (including phenoxy) is 2. The number of alkyl carbamates (subject to hydrolysis) is 1. The number of nitrogens with zero attached hydrogens (tertiary/aromatic N) is 3. The maximum atomic E-state index is 12.1. The van der Waals surface area contributed by atoms with Crippen molar-refractivity contribution in [1.82, 2.24) is 14.7 Å². The average Bonchev–Trinajstić information content (AvgIpc) is 3.34. The molecule has 0 bridgehead atoms. The second kappa shape index (κ2) is 8.43. The van der Waals surface area contributed by atoms with E-state index in [1.165, 1.54) is 13.2 Å². The summed E-state index contributed by atoms with van der Waals surface area (Å²) in [7, 11) is 1.50. The van der Waals surface area contributed by atoms with Crippen LogP contribution in [0.3, 0.4) is 0 Å². The van der Waals surface area contributed by atoms with Gasteiger partial charge >= 0.3 is 6.09 Å². The van der Waals surface area contributed by atoms with E-state index in [-0.39, 0.29) is 11.8 Å². The monoisotopic (exact) mass is 458 g/mol. The van der Waals surface area contributed by atoms with Crippen molar-refractivity contribution in [1.29, 1.82) is 0 Å². The van der Waals surface area contributed by atoms with E-state index in [1.807, 2.05) is 49.7 Å². The number of methoxy groups -OCH3 is 1. The fourth-order valence-corrected chi connectivity index (χ4v) is 4.03. The molecular formula is C23H27ClN4O4. The minimum Gasteiger partial charge on any atom is -0.507 e. The van der Waals surface area contributed by atoms with E-state index in [1.54, 1.807) is 6.07 Å². The molecule has 2 aromatic heterocycles. The van der Waals surface area contributed by atoms with Gasteiger partial charge in [-0.2, -0.15) is 0 Å². The number of fused-ring (bicyclic) bond motifs is 1. The zero-order chi connectivity index (χ0) is 23.0. The lowest BCUT2D eigenvalue weighted by Crippen LogP contribution is -2.40. The summed E-state index contributed by atoms with van der Waals surface area (Å²) in [6.45, 7) is 7.06. The summed E-state index contributed by atoms with van der Waals surface area (Å²) < 4.78 is 12.4. The number of hydrogen-bond donors (Lipinski definition) is 2. The van der Waals surface area contributed by atoms with Crippen molar-refractivity contribution in [2.75, 3.05) is 25.1 Å². The molecule has 0 radical (unpaired) electrons. The maximum absolute atomic E-state index is 12.1. The topological polar surface area (TPSA) is 88.3 Å². The quantitative estimate of drug-likeness (QED) is 0.599. The SMILES string of the molecule is COc1cc(O)c(-c2cn3ccc(N4CC[C@H](NC(=O)OC(C)(C)C)C4)cc3n2)cc1Cl. The highest BCUT2D eigenvalue weighted by Gasteiger charge is 2.26. The smallest absolute Gasteiger partial charge is 0.407 e. The molecule has 0 spiro atoms. The van der Waals surface area contributed by atoms with Crippen LogP contribution in [0.5, 0.6) is 11.5 Å². The Bertz CT molecular complexity index is 1150. The average molecular weight is 459 g/mol. The number of rotatable bonds is 4. The predicted molar refractivity (Wildman–Crippen MR) is 124 cm³/mol. The maximum Gasteiger partial charge on any atom is 0.407 e. The molecule has 1 fully saturated rings. The largest absolute Gasteiger partial charge is 0.507 e. The van der Waals surface area contributed by atoms with Gasteiger partial charge in [-0.3, -0.25) is 0 Å². The van der Waals surface area contributed by atoms with Gasteiger partial charge in [-0.1, -0.05) is 11.6 Å². The highest BCUT2D eigenvalue weighted by Crippen LogP contribution is 2.37. The van der Waals surface area contributed by atoms with Crippen LogP contribution in [0.25, 0.3) is 16.9 Å². The summed E-state index contributed by atoms with van der Waals surface area (Å²) in [5.41, 5.74) is 2.38. The van der Waals surface area contributed by atoms with Crippen molar-refractivity contribution in [3.63, 3.8) is 0 Å². The first kappa shape index (κ1) is 22.1. The van der Waals surface area contributed by atoms with E-state index in [4.69, 9.17) is 21.1 Å². The Labute approximate surface area is 191 Å². The number of carbonyl (C=O) groups is 1. The zero-order valence-corrected chi connectivity index (χ0v) is 19.3. The highest BCUT2D eigenvalue weighted by molar-refractivity contribution is 6.32. The van der Waals surface area contributed by atoms with Gasteiger partial charge in [0.1, 0.15) is 22.7 Å². The minimum absolute atomic E-state index is 0.0229. The highest BCUT2D eigenvalue weighted by atomic mass is 35.5. The number of hydrogen-bond acceptors (Lipinski definition) is 6. The number of benzene rings is 1. The van der Waals surface area contributed by atoms with E-state index >= 15 is 0 Å². The second-order valence-electron chi connectivity index (χ2n) is 8.86. The zero-order valence-electron chi connectivity index (χ0n) is 18.6. The van der Waals surface area contributed by atoms with Gasteiger partial charge in [0.2, 0.25) is 0 Å². The number of anilines is 1. The van der Waals surface area contributed by atoms with E-state index in [0.29, 0.717) is 28.6 Å². The van der Waals surface area contributed by atoms with Gasteiger partial charge in [0.05, 0.1) is 23.9 Å². The van der Waals surface area contributed by atoms with Crippen LogP contribution in [0.2, 0.25) is 5.02 Å². The van der Waals surface area contributed by atoms with Crippen molar-refractivity contribution in [2.24, 2.45) is 0 Å². The van der Waals surface area contributed by atoms with Crippen LogP contribution in [0, 0.1) is 0 Å². The van der Waals surface area contributed by atoms with Gasteiger partial charge in [0, 0.05) is 48.9 Å². The van der Waals surface area contributed by atoms with Crippen molar-refractivity contribution >= 4 is 29.0 Å². The Morgan fingerprint density at radius 2 is 2.09 bits per heavy atom. The van der Waals surface area contributed by atoms with Crippen LogP contribution in [-0.2, 0) is 4.74 Å². The van der Waals surface area contributed by atoms with Gasteiger partial charge in [0.15, 0.2) is 0 Å². The number of amides is 1. The Hall–Kier alpha value is -3.13. The Morgan fingerprint density at radius 3 is 2.81 bits per heavy atom. The molecule has 32 heavy (non-hydrogen) atoms. The lowest BCUT2D eigenvalue weighted by Gasteiger charge is -2.22. The van der Waals surface area contributed by atoms with Crippen molar-refractivity contribution in [3.8, 4) is 22.8 Å². The van der Waals surface area contributed by atoms with Crippen molar-refractivity contribution < 1.29 is 19.4 Å². The third kappa shape index (κ3) is 4.70. The molecule has 1 aromatic carbocycles. The van der Waals surface area contributed by atoms with Crippen LogP contribution in [0.1, 0.15) is 27.2 Å². The number of aromatic nitrogens is 2. The molecule has 3 heterocycles. The van der Waals surface area contributed by atoms with Crippen LogP contribution in [0.15, 0.2) is 36.7 Å². The second-order valence-corrected chi connectivity index (χ2v) is 9.27. The summed E-state index contributed by atoms with van der Waals surface area (Å²) in [6, 6.07) is 7.15. The molecule has 0 aliphatic carbocycles. The van der Waals surface area contributed by atoms with Gasteiger partial charge in [-0.15, -0.1) is 0 Å². The number of imidazole rings is 1. The fraction of sp³-hybridized carbons (Fsp3) is 0.391. The fourth-order valence-electron chi connectivity index (χ4n) is 3.79. The molecule has 1 saturated heterocycles. The predicted octanol–water partition coefficient (Wildman–Crippen LogP) is 4.47. The number of aromatic hydroxyl groups is 1. The lowest BCUT2D eigenvalue weighted by molar-refractivity contribution is 0.0509. The summed E-state index contributed by atoms with van der Waals surface area (Å²) in [4.78, 5) is 18.9. The van der Waals surface area contributed by atoms with Crippen LogP contribution >= 0.6 is 11.6 Å². The third-order valence-corrected chi connectivity index (χ3v) is 5.56. The van der Waals surface area contributed by atoms with E-state index in [9.17, 15) is 9.90 Å². The van der Waals surface area contributed by atoms with Crippen LogP contribution in [0.4, 0.5) is 10.5 Å². The molecule has 1 amide bonds. The summed E-state index contributed by atoms with van der Waals surface area (Å²) in [5.74, 6) is 0.452. The number of pyridine rings is 1. The first-order valence-electron chi connectivity index (χ1n) is 10.4. The van der Waals surface area contributed by atoms with Crippen LogP contribution < -0.4 is 15.0 Å². The molecule has 0 unspecified atom stereocenters. The van der Waals surface area contributed by atoms with Crippen molar-refractivity contribution in [2.45, 2.75) is 38.8 Å². The van der Waals surface area contributed by atoms with Gasteiger partial charge in [-0.25, -0.2) is 9.78 Å². The number of carbonyl (C=O) groups excluding carboxylic acids is 1. The molecule has 8 nitrogen and oxygen atoms in total. The standard InChI is InChI=1S/C23H27ClN4O4/c1-23(2,3)32-22(30)25-14-5-7-27(12-14)15-6-8-28-13-18(26-21(28)9-15)16-10-17(24)20(31-4)11-19(16)29/h6,8-11,13-14,29H,5,7,12H2,1-4H3,(H,25,30)/t14-/m0/s1. The Kier molecular flexibility index (Phi) is 5.81. The lowest BCUT2D eigenvalue weighted by atomic mass is 10.1. The minimum atomic E-state index is -0.520. The van der Waals surface area contributed by atoms with Crippen LogP contribution in [-0.4, -0.2) is 52.4 Å². The molecule has 0 saturated carbocycles. The molecule has 1 aliphatic heterocycles. The van der Waals surface area contributed by atoms with Crippen molar-refractivity contribution in [3.05, 3.63) is 41.7 Å². The first-order valence-corrected chi connectivity index (χ1v) is 10.8. The molecule has 1 atom stereocenters. The molecule has 1 aliphatic rings. The third-order valence-electron chi connectivity index (χ3n) is 5.26.